The molecule has 0 aliphatic rings. The van der Waals surface area contributed by atoms with Crippen LogP contribution in [0, 0.1) is 19.7 Å². The van der Waals surface area contributed by atoms with Gasteiger partial charge in [0.15, 0.2) is 0 Å². The van der Waals surface area contributed by atoms with Gasteiger partial charge in [-0.1, -0.05) is 26.8 Å². The van der Waals surface area contributed by atoms with Crippen LogP contribution in [0.15, 0.2) is 12.1 Å². The molecule has 0 fully saturated rings. The third-order valence-electron chi connectivity index (χ3n) is 4.33. The Hall–Kier alpha value is -0.930. The second-order valence-electron chi connectivity index (χ2n) is 5.67. The van der Waals surface area contributed by atoms with Gasteiger partial charge in [-0.2, -0.15) is 0 Å². The van der Waals surface area contributed by atoms with Crippen molar-refractivity contribution in [3.8, 4) is 0 Å². The Morgan fingerprint density at radius 1 is 1.14 bits per heavy atom. The van der Waals surface area contributed by atoms with E-state index in [-0.39, 0.29) is 17.5 Å². The van der Waals surface area contributed by atoms with E-state index >= 15 is 0 Å². The van der Waals surface area contributed by atoms with Crippen molar-refractivity contribution < 1.29 is 9.13 Å². The minimum absolute atomic E-state index is 0.127. The molecule has 21 heavy (non-hydrogen) atoms. The van der Waals surface area contributed by atoms with Gasteiger partial charge in [0.1, 0.15) is 5.82 Å². The topological polar surface area (TPSA) is 21.3 Å². The average Bonchev–Trinajstić information content (AvgIpc) is 2.43. The first kappa shape index (κ1) is 18.1. The Balaban J connectivity index is 3.41. The maximum absolute atomic E-state index is 14.6. The second-order valence-corrected chi connectivity index (χ2v) is 5.67. The summed E-state index contributed by atoms with van der Waals surface area (Å²) in [5, 5.41) is 3.46. The molecule has 0 heterocycles. The van der Waals surface area contributed by atoms with Crippen LogP contribution in [0.2, 0.25) is 0 Å². The summed E-state index contributed by atoms with van der Waals surface area (Å²) in [6, 6.07) is 3.54. The number of hydrogen-bond donors (Lipinski definition) is 1. The first-order valence-corrected chi connectivity index (χ1v) is 8.09. The van der Waals surface area contributed by atoms with E-state index in [0.29, 0.717) is 6.61 Å². The number of halogens is 1. The maximum Gasteiger partial charge on any atom is 0.128 e. The highest BCUT2D eigenvalue weighted by Gasteiger charge is 2.39. The molecule has 0 aliphatic heterocycles. The molecule has 1 unspecified atom stereocenters. The second kappa shape index (κ2) is 7.90. The molecule has 1 aromatic rings. The van der Waals surface area contributed by atoms with Gasteiger partial charge in [0, 0.05) is 12.2 Å². The minimum atomic E-state index is -0.369. The summed E-state index contributed by atoms with van der Waals surface area (Å²) < 4.78 is 20.7. The van der Waals surface area contributed by atoms with Crippen LogP contribution in [-0.2, 0) is 4.74 Å². The van der Waals surface area contributed by atoms with E-state index in [0.717, 1.165) is 36.1 Å². The fourth-order valence-corrected chi connectivity index (χ4v) is 3.28. The maximum atomic E-state index is 14.6. The highest BCUT2D eigenvalue weighted by molar-refractivity contribution is 5.36. The fourth-order valence-electron chi connectivity index (χ4n) is 3.28. The lowest BCUT2D eigenvalue weighted by molar-refractivity contribution is -0.0738. The van der Waals surface area contributed by atoms with Gasteiger partial charge in [-0.3, -0.25) is 0 Å². The Bertz CT molecular complexity index is 432. The lowest BCUT2D eigenvalue weighted by Crippen LogP contribution is -2.46. The van der Waals surface area contributed by atoms with Crippen LogP contribution in [0.4, 0.5) is 4.39 Å². The van der Waals surface area contributed by atoms with Crippen molar-refractivity contribution in [2.75, 3.05) is 13.2 Å². The van der Waals surface area contributed by atoms with Gasteiger partial charge in [0.2, 0.25) is 0 Å². The van der Waals surface area contributed by atoms with Crippen LogP contribution < -0.4 is 5.32 Å². The highest BCUT2D eigenvalue weighted by Crippen LogP contribution is 2.38. The zero-order chi connectivity index (χ0) is 16.0. The largest absolute Gasteiger partial charge is 0.373 e. The van der Waals surface area contributed by atoms with Crippen molar-refractivity contribution in [2.45, 2.75) is 66.0 Å². The molecule has 2 nitrogen and oxygen atoms in total. The number of rotatable bonds is 8. The van der Waals surface area contributed by atoms with E-state index in [1.807, 2.05) is 26.8 Å². The van der Waals surface area contributed by atoms with Gasteiger partial charge in [-0.25, -0.2) is 4.39 Å². The van der Waals surface area contributed by atoms with Gasteiger partial charge in [-0.15, -0.1) is 0 Å². The number of ether oxygens (including phenoxy) is 1. The highest BCUT2D eigenvalue weighted by atomic mass is 19.1. The summed E-state index contributed by atoms with van der Waals surface area (Å²) in [6.45, 7) is 13.6. The first-order chi connectivity index (χ1) is 9.95. The van der Waals surface area contributed by atoms with Gasteiger partial charge < -0.3 is 10.1 Å². The van der Waals surface area contributed by atoms with Crippen molar-refractivity contribution in [2.24, 2.45) is 0 Å². The zero-order valence-corrected chi connectivity index (χ0v) is 14.3. The van der Waals surface area contributed by atoms with Crippen LogP contribution in [0.3, 0.4) is 0 Å². The third-order valence-corrected chi connectivity index (χ3v) is 4.33. The van der Waals surface area contributed by atoms with Gasteiger partial charge in [0.25, 0.3) is 0 Å². The van der Waals surface area contributed by atoms with Crippen molar-refractivity contribution in [3.63, 3.8) is 0 Å². The monoisotopic (exact) mass is 295 g/mol. The average molecular weight is 295 g/mol. The molecule has 0 aliphatic carbocycles. The number of hydrogen-bond acceptors (Lipinski definition) is 2. The van der Waals surface area contributed by atoms with E-state index in [9.17, 15) is 4.39 Å². The van der Waals surface area contributed by atoms with Gasteiger partial charge in [-0.05, 0) is 57.4 Å². The van der Waals surface area contributed by atoms with E-state index < -0.39 is 0 Å². The van der Waals surface area contributed by atoms with Crippen molar-refractivity contribution in [1.29, 1.82) is 0 Å². The molecule has 1 atom stereocenters. The van der Waals surface area contributed by atoms with E-state index in [1.54, 1.807) is 6.07 Å². The Kier molecular flexibility index (Phi) is 6.82. The number of nitrogens with one attached hydrogen (secondary N) is 1. The van der Waals surface area contributed by atoms with Crippen molar-refractivity contribution >= 4 is 0 Å². The standard InChI is InChI=1S/C18H30FNO/c1-7-18(8-2,21-10-4)17(20-9-3)16-14(6)11-13(5)12-15(16)19/h11-12,17,20H,7-10H2,1-6H3. The SMILES string of the molecule is CCNC(c1c(C)cc(C)cc1F)C(CC)(CC)OCC. The predicted molar refractivity (Wildman–Crippen MR) is 87.2 cm³/mol. The van der Waals surface area contributed by atoms with Crippen LogP contribution in [0.5, 0.6) is 0 Å². The van der Waals surface area contributed by atoms with Crippen LogP contribution >= 0.6 is 0 Å². The quantitative estimate of drug-likeness (QED) is 0.751. The van der Waals surface area contributed by atoms with Crippen LogP contribution in [-0.4, -0.2) is 18.8 Å². The molecule has 1 rings (SSSR count). The molecule has 0 bridgehead atoms. The summed E-state index contributed by atoms with van der Waals surface area (Å²) in [4.78, 5) is 0. The van der Waals surface area contributed by atoms with E-state index in [1.165, 1.54) is 0 Å². The molecule has 0 spiro atoms. The minimum Gasteiger partial charge on any atom is -0.373 e. The first-order valence-electron chi connectivity index (χ1n) is 8.09. The Morgan fingerprint density at radius 2 is 1.76 bits per heavy atom. The Labute approximate surface area is 129 Å². The molecule has 0 saturated heterocycles. The molecule has 0 aromatic heterocycles. The summed E-state index contributed by atoms with van der Waals surface area (Å²) in [5.74, 6) is -0.135. The molecule has 1 N–H and O–H groups in total. The molecule has 0 saturated carbocycles. The predicted octanol–water partition coefficient (Wildman–Crippen LogP) is 4.69. The van der Waals surface area contributed by atoms with E-state index in [2.05, 4.69) is 26.1 Å². The smallest absolute Gasteiger partial charge is 0.128 e. The van der Waals surface area contributed by atoms with Crippen LogP contribution in [0.1, 0.15) is 63.3 Å². The fraction of sp³-hybridized carbons (Fsp3) is 0.667. The van der Waals surface area contributed by atoms with Crippen LogP contribution in [0.25, 0.3) is 0 Å². The molecule has 0 radical (unpaired) electrons. The van der Waals surface area contributed by atoms with Gasteiger partial charge >= 0.3 is 0 Å². The number of likely N-dealkylation sites (N-methyl/N-ethyl adjacent to an activating group) is 1. The van der Waals surface area contributed by atoms with Gasteiger partial charge in [0.05, 0.1) is 11.6 Å². The number of aryl methyl sites for hydroxylation is 2. The summed E-state index contributed by atoms with van der Waals surface area (Å²) in [7, 11) is 0. The molecular formula is C18H30FNO. The van der Waals surface area contributed by atoms with E-state index in [4.69, 9.17) is 4.74 Å². The molecule has 0 amide bonds. The third kappa shape index (κ3) is 3.83. The normalized spacial score (nSPS) is 13.5. The lowest BCUT2D eigenvalue weighted by atomic mass is 9.81. The summed E-state index contributed by atoms with van der Waals surface area (Å²) in [6.07, 6.45) is 1.70. The zero-order valence-electron chi connectivity index (χ0n) is 14.3. The summed E-state index contributed by atoms with van der Waals surface area (Å²) >= 11 is 0. The molecular weight excluding hydrogens is 265 g/mol. The Morgan fingerprint density at radius 3 is 2.19 bits per heavy atom. The molecule has 3 heteroatoms. The van der Waals surface area contributed by atoms with Crippen molar-refractivity contribution in [1.82, 2.24) is 5.32 Å². The lowest BCUT2D eigenvalue weighted by Gasteiger charge is -2.41. The summed E-state index contributed by atoms with van der Waals surface area (Å²) in [5.41, 5.74) is 2.33. The molecule has 120 valence electrons. The van der Waals surface area contributed by atoms with Crippen molar-refractivity contribution in [3.05, 3.63) is 34.6 Å². The number of benzene rings is 1. The molecule has 1 aromatic carbocycles.